The summed E-state index contributed by atoms with van der Waals surface area (Å²) in [5.41, 5.74) is 2.55. The molecule has 3 nitrogen and oxygen atoms in total. The van der Waals surface area contributed by atoms with E-state index in [9.17, 15) is 0 Å². The lowest BCUT2D eigenvalue weighted by atomic mass is 10.1. The highest BCUT2D eigenvalue weighted by Crippen LogP contribution is 2.25. The lowest BCUT2D eigenvalue weighted by Crippen LogP contribution is -2.17. The molecule has 0 aromatic heterocycles. The summed E-state index contributed by atoms with van der Waals surface area (Å²) in [5, 5.41) is 11.8. The zero-order valence-electron chi connectivity index (χ0n) is 8.12. The number of hydrogen-bond donors (Lipinski definition) is 2. The van der Waals surface area contributed by atoms with Gasteiger partial charge in [-0.3, -0.25) is 0 Å². The van der Waals surface area contributed by atoms with E-state index in [1.165, 1.54) is 11.1 Å². The fourth-order valence-corrected chi connectivity index (χ4v) is 1.66. The number of benzene rings is 1. The minimum atomic E-state index is 0.189. The number of aliphatic hydroxyl groups is 1. The Kier molecular flexibility index (Phi) is 3.01. The number of rotatable bonds is 4. The Balaban J connectivity index is 1.98. The summed E-state index contributed by atoms with van der Waals surface area (Å²) in [6, 6.07) is 6.26. The first kappa shape index (κ1) is 9.49. The zero-order chi connectivity index (χ0) is 9.80. The highest BCUT2D eigenvalue weighted by Gasteiger charge is 2.11. The number of nitrogens with one attached hydrogen (secondary N) is 1. The SMILES string of the molecule is OCCNCc1ccc2c(c1)CCO2. The lowest BCUT2D eigenvalue weighted by Gasteiger charge is -2.04. The van der Waals surface area contributed by atoms with Gasteiger partial charge in [0.15, 0.2) is 0 Å². The van der Waals surface area contributed by atoms with Gasteiger partial charge in [-0.15, -0.1) is 0 Å². The van der Waals surface area contributed by atoms with Gasteiger partial charge >= 0.3 is 0 Å². The smallest absolute Gasteiger partial charge is 0.122 e. The molecule has 0 bridgehead atoms. The summed E-state index contributed by atoms with van der Waals surface area (Å²) in [6.07, 6.45) is 1.02. The Bertz CT molecular complexity index is 312. The highest BCUT2D eigenvalue weighted by atomic mass is 16.5. The molecule has 0 aliphatic carbocycles. The van der Waals surface area contributed by atoms with Crippen molar-refractivity contribution in [1.82, 2.24) is 5.32 Å². The molecule has 1 aromatic carbocycles. The van der Waals surface area contributed by atoms with Crippen LogP contribution >= 0.6 is 0 Å². The van der Waals surface area contributed by atoms with Crippen molar-refractivity contribution in [3.05, 3.63) is 29.3 Å². The van der Waals surface area contributed by atoms with Crippen molar-refractivity contribution in [2.45, 2.75) is 13.0 Å². The molecule has 0 unspecified atom stereocenters. The van der Waals surface area contributed by atoms with Crippen LogP contribution in [0.1, 0.15) is 11.1 Å². The van der Waals surface area contributed by atoms with E-state index in [4.69, 9.17) is 9.84 Å². The van der Waals surface area contributed by atoms with E-state index < -0.39 is 0 Å². The minimum Gasteiger partial charge on any atom is -0.493 e. The van der Waals surface area contributed by atoms with Crippen LogP contribution in [-0.4, -0.2) is 24.9 Å². The van der Waals surface area contributed by atoms with Gasteiger partial charge in [-0.05, 0) is 17.2 Å². The number of fused-ring (bicyclic) bond motifs is 1. The van der Waals surface area contributed by atoms with Crippen LogP contribution in [-0.2, 0) is 13.0 Å². The molecule has 0 spiro atoms. The Morgan fingerprint density at radius 3 is 3.21 bits per heavy atom. The molecule has 2 rings (SSSR count). The maximum absolute atomic E-state index is 8.62. The molecule has 0 fully saturated rings. The molecule has 0 saturated carbocycles. The van der Waals surface area contributed by atoms with Crippen LogP contribution in [0, 0.1) is 0 Å². The first-order chi connectivity index (χ1) is 6.90. The van der Waals surface area contributed by atoms with Crippen LogP contribution in [0.15, 0.2) is 18.2 Å². The van der Waals surface area contributed by atoms with Gasteiger partial charge in [-0.2, -0.15) is 0 Å². The van der Waals surface area contributed by atoms with Crippen molar-refractivity contribution in [2.24, 2.45) is 0 Å². The first-order valence-corrected chi connectivity index (χ1v) is 4.96. The molecule has 14 heavy (non-hydrogen) atoms. The molecule has 0 radical (unpaired) electrons. The normalized spacial score (nSPS) is 13.8. The summed E-state index contributed by atoms with van der Waals surface area (Å²) in [7, 11) is 0. The van der Waals surface area contributed by atoms with Crippen molar-refractivity contribution in [1.29, 1.82) is 0 Å². The largest absolute Gasteiger partial charge is 0.493 e. The fraction of sp³-hybridized carbons (Fsp3) is 0.455. The molecule has 3 heteroatoms. The van der Waals surface area contributed by atoms with Crippen molar-refractivity contribution in [2.75, 3.05) is 19.8 Å². The third kappa shape index (κ3) is 2.05. The molecule has 0 saturated heterocycles. The molecule has 0 amide bonds. The molecule has 76 valence electrons. The van der Waals surface area contributed by atoms with Gasteiger partial charge in [0.25, 0.3) is 0 Å². The maximum Gasteiger partial charge on any atom is 0.122 e. The maximum atomic E-state index is 8.62. The quantitative estimate of drug-likeness (QED) is 0.692. The Labute approximate surface area is 83.7 Å². The van der Waals surface area contributed by atoms with Crippen LogP contribution in [0.3, 0.4) is 0 Å². The summed E-state index contributed by atoms with van der Waals surface area (Å²) >= 11 is 0. The van der Waals surface area contributed by atoms with E-state index in [-0.39, 0.29) is 6.61 Å². The monoisotopic (exact) mass is 193 g/mol. The average Bonchev–Trinajstić information content (AvgIpc) is 2.65. The number of aliphatic hydroxyl groups excluding tert-OH is 1. The van der Waals surface area contributed by atoms with Crippen molar-refractivity contribution < 1.29 is 9.84 Å². The van der Waals surface area contributed by atoms with E-state index in [0.717, 1.165) is 25.3 Å². The molecule has 1 aliphatic rings. The summed E-state index contributed by atoms with van der Waals surface area (Å²) in [5.74, 6) is 1.02. The summed E-state index contributed by atoms with van der Waals surface area (Å²) in [4.78, 5) is 0. The second-order valence-corrected chi connectivity index (χ2v) is 3.44. The van der Waals surface area contributed by atoms with Gasteiger partial charge in [0, 0.05) is 19.5 Å². The molecule has 1 heterocycles. The van der Waals surface area contributed by atoms with E-state index in [0.29, 0.717) is 6.54 Å². The third-order valence-corrected chi connectivity index (χ3v) is 2.37. The van der Waals surface area contributed by atoms with Gasteiger partial charge in [0.1, 0.15) is 5.75 Å². The molecule has 1 aromatic rings. The summed E-state index contributed by atoms with van der Waals surface area (Å²) in [6.45, 7) is 2.46. The standard InChI is InChI=1S/C11H15NO2/c13-5-4-12-8-9-1-2-11-10(7-9)3-6-14-11/h1-2,7,12-13H,3-6,8H2. The van der Waals surface area contributed by atoms with Gasteiger partial charge < -0.3 is 15.2 Å². The Morgan fingerprint density at radius 1 is 1.43 bits per heavy atom. The van der Waals surface area contributed by atoms with Crippen molar-refractivity contribution in [3.63, 3.8) is 0 Å². The molecule has 0 atom stereocenters. The minimum absolute atomic E-state index is 0.189. The van der Waals surface area contributed by atoms with Gasteiger partial charge in [-0.25, -0.2) is 0 Å². The second-order valence-electron chi connectivity index (χ2n) is 3.44. The van der Waals surface area contributed by atoms with Gasteiger partial charge in [0.2, 0.25) is 0 Å². The van der Waals surface area contributed by atoms with Crippen LogP contribution in [0.2, 0.25) is 0 Å². The third-order valence-electron chi connectivity index (χ3n) is 2.37. The second kappa shape index (κ2) is 4.44. The molecule has 2 N–H and O–H groups in total. The predicted octanol–water partition coefficient (Wildman–Crippen LogP) is 0.703. The summed E-state index contributed by atoms with van der Waals surface area (Å²) < 4.78 is 5.42. The first-order valence-electron chi connectivity index (χ1n) is 4.96. The van der Waals surface area contributed by atoms with Crippen LogP contribution < -0.4 is 10.1 Å². The van der Waals surface area contributed by atoms with Crippen molar-refractivity contribution in [3.8, 4) is 5.75 Å². The highest BCUT2D eigenvalue weighted by molar-refractivity contribution is 5.39. The van der Waals surface area contributed by atoms with Gasteiger partial charge in [-0.1, -0.05) is 12.1 Å². The van der Waals surface area contributed by atoms with E-state index >= 15 is 0 Å². The average molecular weight is 193 g/mol. The fourth-order valence-electron chi connectivity index (χ4n) is 1.66. The van der Waals surface area contributed by atoms with Crippen LogP contribution in [0.5, 0.6) is 5.75 Å². The van der Waals surface area contributed by atoms with Gasteiger partial charge in [0.05, 0.1) is 13.2 Å². The van der Waals surface area contributed by atoms with Crippen molar-refractivity contribution >= 4 is 0 Å². The van der Waals surface area contributed by atoms with E-state index in [1.807, 2.05) is 6.07 Å². The van der Waals surface area contributed by atoms with E-state index in [2.05, 4.69) is 17.4 Å². The zero-order valence-corrected chi connectivity index (χ0v) is 8.12. The Morgan fingerprint density at radius 2 is 2.36 bits per heavy atom. The van der Waals surface area contributed by atoms with E-state index in [1.54, 1.807) is 0 Å². The molecule has 1 aliphatic heterocycles. The number of hydrogen-bond acceptors (Lipinski definition) is 3. The molecular formula is C11H15NO2. The predicted molar refractivity (Wildman–Crippen MR) is 54.4 cm³/mol. The van der Waals surface area contributed by atoms with Crippen LogP contribution in [0.4, 0.5) is 0 Å². The number of ether oxygens (including phenoxy) is 1. The Hall–Kier alpha value is -1.06. The molecular weight excluding hydrogens is 178 g/mol. The lowest BCUT2D eigenvalue weighted by molar-refractivity contribution is 0.292. The van der Waals surface area contributed by atoms with Crippen LogP contribution in [0.25, 0.3) is 0 Å². The topological polar surface area (TPSA) is 41.5 Å².